The average Bonchev–Trinajstić information content (AvgIpc) is 2.69. The number of ether oxygens (including phenoxy) is 1. The lowest BCUT2D eigenvalue weighted by molar-refractivity contribution is 0.187. The van der Waals surface area contributed by atoms with E-state index in [0.29, 0.717) is 5.92 Å². The third-order valence-corrected chi connectivity index (χ3v) is 3.39. The zero-order valence-electron chi connectivity index (χ0n) is 8.92. The van der Waals surface area contributed by atoms with Gasteiger partial charge in [0.15, 0.2) is 0 Å². The van der Waals surface area contributed by atoms with E-state index < -0.39 is 0 Å². The fourth-order valence-electron chi connectivity index (χ4n) is 1.76. The van der Waals surface area contributed by atoms with Gasteiger partial charge in [-0.15, -0.1) is 0 Å². The van der Waals surface area contributed by atoms with E-state index in [1.807, 2.05) is 0 Å². The Kier molecular flexibility index (Phi) is 3.65. The topological polar surface area (TPSA) is 21.3 Å². The number of aryl methyl sites for hydroxylation is 1. The maximum absolute atomic E-state index is 5.34. The molecule has 2 nitrogen and oxygen atoms in total. The Labute approximate surface area is 99.1 Å². The molecule has 1 N–H and O–H groups in total. The number of benzene rings is 1. The standard InChI is InChI=1S/C12H16BrNO/c1-9-2-3-12(11(13)6-9)14-7-10-4-5-15-8-10/h2-3,6,10,14H,4-5,7-8H2,1H3. The van der Waals surface area contributed by atoms with Gasteiger partial charge in [-0.3, -0.25) is 0 Å². The molecule has 1 heterocycles. The SMILES string of the molecule is Cc1ccc(NCC2CCOC2)c(Br)c1. The molecule has 82 valence electrons. The van der Waals surface area contributed by atoms with E-state index in [2.05, 4.69) is 46.4 Å². The maximum atomic E-state index is 5.34. The van der Waals surface area contributed by atoms with Gasteiger partial charge in [-0.25, -0.2) is 0 Å². The van der Waals surface area contributed by atoms with Gasteiger partial charge in [0.2, 0.25) is 0 Å². The van der Waals surface area contributed by atoms with Crippen molar-refractivity contribution >= 4 is 21.6 Å². The number of anilines is 1. The number of halogens is 1. The van der Waals surface area contributed by atoms with Gasteiger partial charge < -0.3 is 10.1 Å². The fourth-order valence-corrected chi connectivity index (χ4v) is 2.40. The van der Waals surface area contributed by atoms with Crippen LogP contribution in [0.15, 0.2) is 22.7 Å². The van der Waals surface area contributed by atoms with E-state index >= 15 is 0 Å². The lowest BCUT2D eigenvalue weighted by Gasteiger charge is -2.12. The Morgan fingerprint density at radius 2 is 2.40 bits per heavy atom. The normalized spacial score (nSPS) is 20.5. The molecule has 1 atom stereocenters. The smallest absolute Gasteiger partial charge is 0.0511 e. The first kappa shape index (κ1) is 11.0. The quantitative estimate of drug-likeness (QED) is 0.910. The lowest BCUT2D eigenvalue weighted by Crippen LogP contribution is -2.14. The molecule has 0 radical (unpaired) electrons. The summed E-state index contributed by atoms with van der Waals surface area (Å²) < 4.78 is 6.48. The summed E-state index contributed by atoms with van der Waals surface area (Å²) in [4.78, 5) is 0. The Balaban J connectivity index is 1.92. The molecular weight excluding hydrogens is 254 g/mol. The van der Waals surface area contributed by atoms with Crippen LogP contribution in [-0.4, -0.2) is 19.8 Å². The van der Waals surface area contributed by atoms with Crippen molar-refractivity contribution in [3.05, 3.63) is 28.2 Å². The first-order chi connectivity index (χ1) is 7.25. The Bertz CT molecular complexity index is 334. The zero-order valence-corrected chi connectivity index (χ0v) is 10.5. The van der Waals surface area contributed by atoms with Gasteiger partial charge in [-0.1, -0.05) is 6.07 Å². The summed E-state index contributed by atoms with van der Waals surface area (Å²) in [5.74, 6) is 0.665. The molecule has 15 heavy (non-hydrogen) atoms. The maximum Gasteiger partial charge on any atom is 0.0511 e. The first-order valence-corrected chi connectivity index (χ1v) is 6.13. The molecule has 0 aliphatic carbocycles. The summed E-state index contributed by atoms with van der Waals surface area (Å²) in [5.41, 5.74) is 2.45. The summed E-state index contributed by atoms with van der Waals surface area (Å²) in [6.07, 6.45) is 1.18. The van der Waals surface area contributed by atoms with Gasteiger partial charge in [-0.05, 0) is 47.0 Å². The molecule has 0 spiro atoms. The van der Waals surface area contributed by atoms with E-state index in [1.165, 1.54) is 17.7 Å². The zero-order chi connectivity index (χ0) is 10.7. The van der Waals surface area contributed by atoms with Gasteiger partial charge in [0.25, 0.3) is 0 Å². The van der Waals surface area contributed by atoms with E-state index in [0.717, 1.165) is 24.2 Å². The molecule has 1 fully saturated rings. The monoisotopic (exact) mass is 269 g/mol. The van der Waals surface area contributed by atoms with Crippen molar-refractivity contribution < 1.29 is 4.74 Å². The molecule has 1 aromatic rings. The van der Waals surface area contributed by atoms with Crippen LogP contribution in [0.2, 0.25) is 0 Å². The van der Waals surface area contributed by atoms with Crippen molar-refractivity contribution in [3.63, 3.8) is 0 Å². The van der Waals surface area contributed by atoms with Crippen molar-refractivity contribution in [2.24, 2.45) is 5.92 Å². The van der Waals surface area contributed by atoms with Gasteiger partial charge in [-0.2, -0.15) is 0 Å². The summed E-state index contributed by atoms with van der Waals surface area (Å²) in [7, 11) is 0. The van der Waals surface area contributed by atoms with E-state index in [-0.39, 0.29) is 0 Å². The van der Waals surface area contributed by atoms with Crippen LogP contribution in [0.25, 0.3) is 0 Å². The van der Waals surface area contributed by atoms with Crippen LogP contribution in [0.1, 0.15) is 12.0 Å². The van der Waals surface area contributed by atoms with Crippen LogP contribution >= 0.6 is 15.9 Å². The molecule has 1 aliphatic heterocycles. The highest BCUT2D eigenvalue weighted by Crippen LogP contribution is 2.24. The van der Waals surface area contributed by atoms with Gasteiger partial charge in [0.05, 0.1) is 6.61 Å². The molecule has 0 saturated carbocycles. The highest BCUT2D eigenvalue weighted by molar-refractivity contribution is 9.10. The highest BCUT2D eigenvalue weighted by Gasteiger charge is 2.15. The number of rotatable bonds is 3. The second-order valence-corrected chi connectivity index (χ2v) is 4.95. The van der Waals surface area contributed by atoms with Crippen molar-refractivity contribution in [3.8, 4) is 0 Å². The van der Waals surface area contributed by atoms with E-state index in [4.69, 9.17) is 4.74 Å². The molecule has 0 aromatic heterocycles. The van der Waals surface area contributed by atoms with Gasteiger partial charge >= 0.3 is 0 Å². The minimum Gasteiger partial charge on any atom is -0.384 e. The van der Waals surface area contributed by atoms with Crippen LogP contribution < -0.4 is 5.32 Å². The number of hydrogen-bond donors (Lipinski definition) is 1. The minimum absolute atomic E-state index is 0.665. The first-order valence-electron chi connectivity index (χ1n) is 5.33. The van der Waals surface area contributed by atoms with Crippen LogP contribution in [0.5, 0.6) is 0 Å². The third kappa shape index (κ3) is 2.95. The largest absolute Gasteiger partial charge is 0.384 e. The molecule has 1 aromatic carbocycles. The highest BCUT2D eigenvalue weighted by atomic mass is 79.9. The third-order valence-electron chi connectivity index (χ3n) is 2.73. The molecule has 3 heteroatoms. The van der Waals surface area contributed by atoms with Crippen LogP contribution in [0.4, 0.5) is 5.69 Å². The van der Waals surface area contributed by atoms with Crippen molar-refractivity contribution in [1.29, 1.82) is 0 Å². The molecule has 1 saturated heterocycles. The molecular formula is C12H16BrNO. The fraction of sp³-hybridized carbons (Fsp3) is 0.500. The lowest BCUT2D eigenvalue weighted by atomic mass is 10.1. The molecule has 2 rings (SSSR count). The second kappa shape index (κ2) is 4.99. The summed E-state index contributed by atoms with van der Waals surface area (Å²) in [6, 6.07) is 6.38. The van der Waals surface area contributed by atoms with E-state index in [9.17, 15) is 0 Å². The van der Waals surface area contributed by atoms with Crippen LogP contribution in [0, 0.1) is 12.8 Å². The molecule has 0 bridgehead atoms. The predicted octanol–water partition coefficient (Wildman–Crippen LogP) is 3.21. The summed E-state index contributed by atoms with van der Waals surface area (Å²) in [5, 5.41) is 3.46. The number of nitrogens with one attached hydrogen (secondary N) is 1. The Morgan fingerprint density at radius 3 is 3.07 bits per heavy atom. The minimum atomic E-state index is 0.665. The molecule has 0 amide bonds. The Morgan fingerprint density at radius 1 is 1.53 bits per heavy atom. The van der Waals surface area contributed by atoms with Gasteiger partial charge in [0, 0.05) is 29.2 Å². The van der Waals surface area contributed by atoms with Gasteiger partial charge in [0.1, 0.15) is 0 Å². The predicted molar refractivity (Wildman–Crippen MR) is 66.3 cm³/mol. The summed E-state index contributed by atoms with van der Waals surface area (Å²) >= 11 is 3.56. The van der Waals surface area contributed by atoms with Crippen LogP contribution in [-0.2, 0) is 4.74 Å². The van der Waals surface area contributed by atoms with Crippen LogP contribution in [0.3, 0.4) is 0 Å². The van der Waals surface area contributed by atoms with Crippen molar-refractivity contribution in [2.45, 2.75) is 13.3 Å². The molecule has 1 unspecified atom stereocenters. The van der Waals surface area contributed by atoms with E-state index in [1.54, 1.807) is 0 Å². The Hall–Kier alpha value is -0.540. The van der Waals surface area contributed by atoms with Crippen molar-refractivity contribution in [2.75, 3.05) is 25.1 Å². The average molecular weight is 270 g/mol. The molecule has 1 aliphatic rings. The number of hydrogen-bond acceptors (Lipinski definition) is 2. The summed E-state index contributed by atoms with van der Waals surface area (Å²) in [6.45, 7) is 4.92. The van der Waals surface area contributed by atoms with Crippen molar-refractivity contribution in [1.82, 2.24) is 0 Å². The second-order valence-electron chi connectivity index (χ2n) is 4.09.